The average Bonchev–Trinajstić information content (AvgIpc) is 3.10. The Bertz CT molecular complexity index is 404. The van der Waals surface area contributed by atoms with Crippen LogP contribution in [0.4, 0.5) is 0 Å². The first-order valence-corrected chi connectivity index (χ1v) is 5.86. The molecule has 0 aliphatic heterocycles. The number of rotatable bonds is 3. The highest BCUT2D eigenvalue weighted by molar-refractivity contribution is 6.29. The molecule has 4 heteroatoms. The lowest BCUT2D eigenvalue weighted by Gasteiger charge is -2.24. The molecule has 0 saturated heterocycles. The number of hydrogen-bond donors (Lipinski definition) is 0. The van der Waals surface area contributed by atoms with Crippen LogP contribution in [0.15, 0.2) is 18.3 Å². The van der Waals surface area contributed by atoms with Gasteiger partial charge >= 0.3 is 0 Å². The van der Waals surface area contributed by atoms with Gasteiger partial charge in [0.25, 0.3) is 5.91 Å². The van der Waals surface area contributed by atoms with Gasteiger partial charge in [0.2, 0.25) is 0 Å². The minimum Gasteiger partial charge on any atom is -0.339 e. The largest absolute Gasteiger partial charge is 0.339 e. The van der Waals surface area contributed by atoms with Gasteiger partial charge in [0, 0.05) is 24.8 Å². The van der Waals surface area contributed by atoms with Crippen molar-refractivity contribution in [1.82, 2.24) is 9.88 Å². The Kier molecular flexibility index (Phi) is 3.15. The maximum atomic E-state index is 12.1. The minimum atomic E-state index is 0.0173. The van der Waals surface area contributed by atoms with Crippen LogP contribution in [0.25, 0.3) is 0 Å². The van der Waals surface area contributed by atoms with E-state index in [1.165, 1.54) is 12.8 Å². The van der Waals surface area contributed by atoms with Crippen LogP contribution in [-0.4, -0.2) is 28.9 Å². The quantitative estimate of drug-likeness (QED) is 0.759. The van der Waals surface area contributed by atoms with Gasteiger partial charge in [0.05, 0.1) is 0 Å². The summed E-state index contributed by atoms with van der Waals surface area (Å²) < 4.78 is 0. The lowest BCUT2D eigenvalue weighted by atomic mass is 10.1. The Morgan fingerprint density at radius 3 is 2.88 bits per heavy atom. The van der Waals surface area contributed by atoms with Crippen LogP contribution in [0.2, 0.25) is 5.15 Å². The van der Waals surface area contributed by atoms with E-state index < -0.39 is 0 Å². The third kappa shape index (κ3) is 2.35. The van der Waals surface area contributed by atoms with Gasteiger partial charge in [-0.05, 0) is 37.8 Å². The van der Waals surface area contributed by atoms with Crippen molar-refractivity contribution in [3.8, 4) is 0 Å². The van der Waals surface area contributed by atoms with Crippen molar-refractivity contribution in [2.75, 3.05) is 7.05 Å². The molecule has 0 radical (unpaired) electrons. The molecule has 0 bridgehead atoms. The summed E-state index contributed by atoms with van der Waals surface area (Å²) in [6.45, 7) is 2.10. The van der Waals surface area contributed by atoms with Crippen LogP contribution in [-0.2, 0) is 0 Å². The number of aromatic nitrogens is 1. The molecule has 1 amide bonds. The molecular weight excluding hydrogens is 224 g/mol. The fraction of sp³-hybridized carbons (Fsp3) is 0.500. The minimum absolute atomic E-state index is 0.0173. The molecule has 1 aromatic heterocycles. The molecule has 1 aromatic rings. The van der Waals surface area contributed by atoms with Crippen molar-refractivity contribution in [3.05, 3.63) is 29.0 Å². The van der Waals surface area contributed by atoms with E-state index in [2.05, 4.69) is 11.9 Å². The highest BCUT2D eigenvalue weighted by atomic mass is 35.5. The van der Waals surface area contributed by atoms with Crippen LogP contribution in [0.5, 0.6) is 0 Å². The van der Waals surface area contributed by atoms with E-state index in [-0.39, 0.29) is 5.91 Å². The average molecular weight is 239 g/mol. The number of halogens is 1. The summed E-state index contributed by atoms with van der Waals surface area (Å²) >= 11 is 5.77. The molecule has 86 valence electrons. The Hall–Kier alpha value is -1.09. The van der Waals surface area contributed by atoms with Crippen molar-refractivity contribution >= 4 is 17.5 Å². The molecular formula is C12H15ClN2O. The summed E-state index contributed by atoms with van der Waals surface area (Å²) in [7, 11) is 1.85. The lowest BCUT2D eigenvalue weighted by molar-refractivity contribution is 0.0727. The molecule has 0 unspecified atom stereocenters. The van der Waals surface area contributed by atoms with Gasteiger partial charge in [-0.25, -0.2) is 4.98 Å². The van der Waals surface area contributed by atoms with E-state index in [0.717, 1.165) is 0 Å². The molecule has 1 atom stereocenters. The van der Waals surface area contributed by atoms with Crippen molar-refractivity contribution < 1.29 is 4.79 Å². The first kappa shape index (κ1) is 11.4. The van der Waals surface area contributed by atoms with E-state index in [4.69, 9.17) is 11.6 Å². The summed E-state index contributed by atoms with van der Waals surface area (Å²) in [6, 6.07) is 3.61. The molecule has 0 N–H and O–H groups in total. The van der Waals surface area contributed by atoms with E-state index in [0.29, 0.717) is 22.7 Å². The molecule has 0 spiro atoms. The molecule has 1 heterocycles. The van der Waals surface area contributed by atoms with E-state index >= 15 is 0 Å². The van der Waals surface area contributed by atoms with Gasteiger partial charge < -0.3 is 4.90 Å². The molecule has 3 nitrogen and oxygen atoms in total. The van der Waals surface area contributed by atoms with Gasteiger partial charge in [0.15, 0.2) is 0 Å². The van der Waals surface area contributed by atoms with Crippen molar-refractivity contribution in [3.63, 3.8) is 0 Å². The third-order valence-corrected chi connectivity index (χ3v) is 3.42. The van der Waals surface area contributed by atoms with Crippen LogP contribution in [0, 0.1) is 5.92 Å². The molecule has 1 saturated carbocycles. The van der Waals surface area contributed by atoms with Crippen LogP contribution >= 0.6 is 11.6 Å². The molecule has 1 aliphatic carbocycles. The first-order chi connectivity index (χ1) is 7.59. The van der Waals surface area contributed by atoms with Crippen LogP contribution in [0.3, 0.4) is 0 Å². The molecule has 16 heavy (non-hydrogen) atoms. The van der Waals surface area contributed by atoms with Crippen LogP contribution in [0.1, 0.15) is 30.1 Å². The molecule has 1 aliphatic rings. The molecule has 0 aromatic carbocycles. The van der Waals surface area contributed by atoms with Gasteiger partial charge in [0.1, 0.15) is 5.15 Å². The van der Waals surface area contributed by atoms with Gasteiger partial charge in [-0.1, -0.05) is 11.6 Å². The van der Waals surface area contributed by atoms with Gasteiger partial charge in [-0.15, -0.1) is 0 Å². The second-order valence-corrected chi connectivity index (χ2v) is 4.75. The Labute approximate surface area is 100 Å². The first-order valence-electron chi connectivity index (χ1n) is 5.48. The van der Waals surface area contributed by atoms with E-state index in [1.807, 2.05) is 7.05 Å². The highest BCUT2D eigenvalue weighted by Crippen LogP contribution is 2.35. The Balaban J connectivity index is 2.11. The zero-order chi connectivity index (χ0) is 11.7. The molecule has 2 rings (SSSR count). The van der Waals surface area contributed by atoms with Gasteiger partial charge in [-0.3, -0.25) is 4.79 Å². The topological polar surface area (TPSA) is 33.2 Å². The second kappa shape index (κ2) is 4.42. The fourth-order valence-corrected chi connectivity index (χ4v) is 1.99. The van der Waals surface area contributed by atoms with E-state index in [1.54, 1.807) is 23.2 Å². The smallest absolute Gasteiger partial charge is 0.254 e. The summed E-state index contributed by atoms with van der Waals surface area (Å²) in [5.74, 6) is 0.690. The Morgan fingerprint density at radius 1 is 1.62 bits per heavy atom. The predicted molar refractivity (Wildman–Crippen MR) is 63.5 cm³/mol. The predicted octanol–water partition coefficient (Wildman–Crippen LogP) is 2.61. The number of pyridine rings is 1. The maximum Gasteiger partial charge on any atom is 0.254 e. The normalized spacial score (nSPS) is 16.9. The van der Waals surface area contributed by atoms with Crippen molar-refractivity contribution in [1.29, 1.82) is 0 Å². The van der Waals surface area contributed by atoms with Gasteiger partial charge in [-0.2, -0.15) is 0 Å². The number of carbonyl (C=O) groups excluding carboxylic acids is 1. The zero-order valence-corrected chi connectivity index (χ0v) is 10.2. The number of amides is 1. The second-order valence-electron chi connectivity index (χ2n) is 4.36. The SMILES string of the molecule is C[C@H](C1CC1)N(C)C(=O)c1ccnc(Cl)c1. The molecule has 1 fully saturated rings. The Morgan fingerprint density at radius 2 is 2.31 bits per heavy atom. The monoisotopic (exact) mass is 238 g/mol. The standard InChI is InChI=1S/C12H15ClN2O/c1-8(9-3-4-9)15(2)12(16)10-5-6-14-11(13)7-10/h5-9H,3-4H2,1-2H3/t8-/m1/s1. The lowest BCUT2D eigenvalue weighted by Crippen LogP contribution is -2.36. The summed E-state index contributed by atoms with van der Waals surface area (Å²) in [4.78, 5) is 17.8. The zero-order valence-electron chi connectivity index (χ0n) is 9.48. The van der Waals surface area contributed by atoms with E-state index in [9.17, 15) is 4.79 Å². The van der Waals surface area contributed by atoms with Crippen molar-refractivity contribution in [2.45, 2.75) is 25.8 Å². The summed E-state index contributed by atoms with van der Waals surface area (Å²) in [6.07, 6.45) is 4.02. The number of carbonyl (C=O) groups is 1. The number of nitrogens with zero attached hydrogens (tertiary/aromatic N) is 2. The van der Waals surface area contributed by atoms with Crippen molar-refractivity contribution in [2.24, 2.45) is 5.92 Å². The highest BCUT2D eigenvalue weighted by Gasteiger charge is 2.32. The van der Waals surface area contributed by atoms with Crippen LogP contribution < -0.4 is 0 Å². The summed E-state index contributed by atoms with van der Waals surface area (Å²) in [5, 5.41) is 0.360. The fourth-order valence-electron chi connectivity index (χ4n) is 1.82. The number of hydrogen-bond acceptors (Lipinski definition) is 2. The third-order valence-electron chi connectivity index (χ3n) is 3.21. The summed E-state index contributed by atoms with van der Waals surface area (Å²) in [5.41, 5.74) is 0.606. The maximum absolute atomic E-state index is 12.1.